The molecule has 0 radical (unpaired) electrons. The van der Waals surface area contributed by atoms with Crippen molar-refractivity contribution in [2.45, 2.75) is 44.2 Å². The number of anilines is 1. The zero-order valence-corrected chi connectivity index (χ0v) is 19.5. The molecule has 2 aliphatic heterocycles. The van der Waals surface area contributed by atoms with Gasteiger partial charge in [0.05, 0.1) is 11.2 Å². The standard InChI is InChI=1S/C27H33FN4O2/c28-25-7-6-24(18-23(25)19-29)32(26(33)22-8-13-30-14-9-22)17-12-27(34)10-15-31(16-11-27)20-21-4-2-1-3-5-21/h1-7,18,22,30,34H,8-17,20H2. The van der Waals surface area contributed by atoms with Gasteiger partial charge in [-0.2, -0.15) is 5.26 Å². The minimum atomic E-state index is -0.849. The van der Waals surface area contributed by atoms with Crippen molar-refractivity contribution in [3.05, 3.63) is 65.5 Å². The molecule has 0 atom stereocenters. The molecule has 2 fully saturated rings. The zero-order chi connectivity index (χ0) is 24.0. The lowest BCUT2D eigenvalue weighted by molar-refractivity contribution is -0.123. The first-order chi connectivity index (χ1) is 16.5. The van der Waals surface area contributed by atoms with E-state index in [2.05, 4.69) is 22.3 Å². The van der Waals surface area contributed by atoms with Crippen molar-refractivity contribution >= 4 is 11.6 Å². The lowest BCUT2D eigenvalue weighted by Crippen LogP contribution is -2.47. The Morgan fingerprint density at radius 2 is 1.88 bits per heavy atom. The summed E-state index contributed by atoms with van der Waals surface area (Å²) in [6, 6.07) is 16.4. The van der Waals surface area contributed by atoms with Crippen LogP contribution in [0.4, 0.5) is 10.1 Å². The molecule has 2 aliphatic rings. The third kappa shape index (κ3) is 6.01. The molecule has 0 saturated carbocycles. The fourth-order valence-corrected chi connectivity index (χ4v) is 4.96. The fourth-order valence-electron chi connectivity index (χ4n) is 4.96. The quantitative estimate of drug-likeness (QED) is 0.656. The van der Waals surface area contributed by atoms with Gasteiger partial charge in [0.15, 0.2) is 0 Å². The average molecular weight is 465 g/mol. The van der Waals surface area contributed by atoms with Crippen molar-refractivity contribution in [3.63, 3.8) is 0 Å². The molecule has 2 saturated heterocycles. The first-order valence-corrected chi connectivity index (χ1v) is 12.2. The molecule has 0 aromatic heterocycles. The normalized spacial score (nSPS) is 18.9. The first-order valence-electron chi connectivity index (χ1n) is 12.2. The van der Waals surface area contributed by atoms with Crippen molar-refractivity contribution in [1.82, 2.24) is 10.2 Å². The summed E-state index contributed by atoms with van der Waals surface area (Å²) in [5.41, 5.74) is 0.856. The molecular weight excluding hydrogens is 431 g/mol. The number of hydrogen-bond donors (Lipinski definition) is 2. The smallest absolute Gasteiger partial charge is 0.230 e. The Labute approximate surface area is 201 Å². The molecule has 7 heteroatoms. The van der Waals surface area contributed by atoms with Gasteiger partial charge in [-0.25, -0.2) is 4.39 Å². The molecule has 4 rings (SSSR count). The zero-order valence-electron chi connectivity index (χ0n) is 19.5. The van der Waals surface area contributed by atoms with Gasteiger partial charge in [-0.15, -0.1) is 0 Å². The number of nitriles is 1. The molecule has 0 aliphatic carbocycles. The van der Waals surface area contributed by atoms with Crippen LogP contribution in [-0.4, -0.2) is 54.2 Å². The highest BCUT2D eigenvalue weighted by Crippen LogP contribution is 2.30. The molecule has 0 bridgehead atoms. The van der Waals surface area contributed by atoms with E-state index in [-0.39, 0.29) is 17.4 Å². The number of hydrogen-bond acceptors (Lipinski definition) is 5. The highest BCUT2D eigenvalue weighted by atomic mass is 19.1. The van der Waals surface area contributed by atoms with Crippen LogP contribution in [0.5, 0.6) is 0 Å². The number of piperidine rings is 2. The number of likely N-dealkylation sites (tertiary alicyclic amines) is 1. The molecule has 34 heavy (non-hydrogen) atoms. The van der Waals surface area contributed by atoms with Crippen LogP contribution in [0.1, 0.15) is 43.2 Å². The maximum absolute atomic E-state index is 13.9. The van der Waals surface area contributed by atoms with Crippen LogP contribution in [0.3, 0.4) is 0 Å². The Balaban J connectivity index is 1.43. The first kappa shape index (κ1) is 24.3. The number of carbonyl (C=O) groups excluding carboxylic acids is 1. The molecule has 2 heterocycles. The van der Waals surface area contributed by atoms with Crippen molar-refractivity contribution in [3.8, 4) is 6.07 Å². The van der Waals surface area contributed by atoms with Crippen molar-refractivity contribution in [2.24, 2.45) is 5.92 Å². The summed E-state index contributed by atoms with van der Waals surface area (Å²) in [4.78, 5) is 17.5. The van der Waals surface area contributed by atoms with Crippen molar-refractivity contribution in [1.29, 1.82) is 5.26 Å². The number of aliphatic hydroxyl groups is 1. The van der Waals surface area contributed by atoms with Crippen molar-refractivity contribution in [2.75, 3.05) is 37.6 Å². The molecule has 6 nitrogen and oxygen atoms in total. The van der Waals surface area contributed by atoms with E-state index in [1.165, 1.54) is 17.7 Å². The van der Waals surface area contributed by atoms with E-state index in [1.807, 2.05) is 24.3 Å². The summed E-state index contributed by atoms with van der Waals surface area (Å²) in [7, 11) is 0. The molecule has 180 valence electrons. The van der Waals surface area contributed by atoms with E-state index in [9.17, 15) is 19.6 Å². The summed E-state index contributed by atoms with van der Waals surface area (Å²) in [5.74, 6) is -0.716. The number of amides is 1. The second-order valence-corrected chi connectivity index (χ2v) is 9.53. The second-order valence-electron chi connectivity index (χ2n) is 9.53. The van der Waals surface area contributed by atoms with Crippen LogP contribution >= 0.6 is 0 Å². The average Bonchev–Trinajstić information content (AvgIpc) is 2.87. The molecule has 1 amide bonds. The predicted octanol–water partition coefficient (Wildman–Crippen LogP) is 3.45. The van der Waals surface area contributed by atoms with E-state index < -0.39 is 11.4 Å². The van der Waals surface area contributed by atoms with Crippen LogP contribution in [0.2, 0.25) is 0 Å². The van der Waals surface area contributed by atoms with Gasteiger partial charge in [0.2, 0.25) is 5.91 Å². The van der Waals surface area contributed by atoms with Crippen LogP contribution in [0, 0.1) is 23.1 Å². The SMILES string of the molecule is N#Cc1cc(N(CCC2(O)CCN(Cc3ccccc3)CC2)C(=O)C2CCNCC2)ccc1F. The van der Waals surface area contributed by atoms with Crippen LogP contribution in [0.15, 0.2) is 48.5 Å². The van der Waals surface area contributed by atoms with Crippen LogP contribution in [-0.2, 0) is 11.3 Å². The van der Waals surface area contributed by atoms with Gasteiger partial charge in [-0.1, -0.05) is 30.3 Å². The maximum atomic E-state index is 13.9. The minimum absolute atomic E-state index is 0.0119. The Morgan fingerprint density at radius 3 is 2.56 bits per heavy atom. The van der Waals surface area contributed by atoms with E-state index >= 15 is 0 Å². The predicted molar refractivity (Wildman–Crippen MR) is 130 cm³/mol. The van der Waals surface area contributed by atoms with Gasteiger partial charge in [-0.05, 0) is 69.0 Å². The van der Waals surface area contributed by atoms with Gasteiger partial charge in [0.1, 0.15) is 11.9 Å². The number of rotatable bonds is 7. The maximum Gasteiger partial charge on any atom is 0.230 e. The topological polar surface area (TPSA) is 79.6 Å². The summed E-state index contributed by atoms with van der Waals surface area (Å²) in [6.07, 6.45) is 3.23. The summed E-state index contributed by atoms with van der Waals surface area (Å²) >= 11 is 0. The molecule has 2 aromatic carbocycles. The van der Waals surface area contributed by atoms with Gasteiger partial charge >= 0.3 is 0 Å². The number of nitrogens with zero attached hydrogens (tertiary/aromatic N) is 3. The van der Waals surface area contributed by atoms with Gasteiger partial charge in [0, 0.05) is 37.8 Å². The van der Waals surface area contributed by atoms with E-state index in [0.29, 0.717) is 31.5 Å². The number of carbonyl (C=O) groups is 1. The second kappa shape index (κ2) is 11.1. The van der Waals surface area contributed by atoms with E-state index in [4.69, 9.17) is 0 Å². The number of nitrogens with one attached hydrogen (secondary N) is 1. The van der Waals surface area contributed by atoms with E-state index in [1.54, 1.807) is 11.0 Å². The van der Waals surface area contributed by atoms with Gasteiger partial charge < -0.3 is 15.3 Å². The Bertz CT molecular complexity index is 1010. The largest absolute Gasteiger partial charge is 0.390 e. The summed E-state index contributed by atoms with van der Waals surface area (Å²) in [5, 5.41) is 23.8. The lowest BCUT2D eigenvalue weighted by Gasteiger charge is -2.40. The highest BCUT2D eigenvalue weighted by Gasteiger charge is 2.34. The van der Waals surface area contributed by atoms with Gasteiger partial charge in [0.25, 0.3) is 0 Å². The van der Waals surface area contributed by atoms with Crippen molar-refractivity contribution < 1.29 is 14.3 Å². The Kier molecular flexibility index (Phi) is 7.94. The highest BCUT2D eigenvalue weighted by molar-refractivity contribution is 5.95. The molecule has 0 unspecified atom stereocenters. The third-order valence-electron chi connectivity index (χ3n) is 7.17. The summed E-state index contributed by atoms with van der Waals surface area (Å²) < 4.78 is 13.9. The lowest BCUT2D eigenvalue weighted by atomic mass is 9.87. The number of benzene rings is 2. The molecule has 2 aromatic rings. The minimum Gasteiger partial charge on any atom is -0.390 e. The van der Waals surface area contributed by atoms with Gasteiger partial charge in [-0.3, -0.25) is 9.69 Å². The molecule has 0 spiro atoms. The van der Waals surface area contributed by atoms with Crippen LogP contribution in [0.25, 0.3) is 0 Å². The molecular formula is C27H33FN4O2. The summed E-state index contributed by atoms with van der Waals surface area (Å²) in [6.45, 7) is 4.38. The Morgan fingerprint density at radius 1 is 1.18 bits per heavy atom. The fraction of sp³-hybridized carbons (Fsp3) is 0.481. The monoisotopic (exact) mass is 464 g/mol. The Hall–Kier alpha value is -2.79. The number of halogens is 1. The third-order valence-corrected chi connectivity index (χ3v) is 7.17. The van der Waals surface area contributed by atoms with E-state index in [0.717, 1.165) is 45.6 Å². The molecule has 2 N–H and O–H groups in total. The van der Waals surface area contributed by atoms with Crippen LogP contribution < -0.4 is 10.2 Å².